The molecular formula is C22H26N2O3. The van der Waals surface area contributed by atoms with Gasteiger partial charge in [-0.05, 0) is 42.5 Å². The molecule has 1 fully saturated rings. The first kappa shape index (κ1) is 19.0. The molecule has 142 valence electrons. The highest BCUT2D eigenvalue weighted by molar-refractivity contribution is 5.76. The second-order valence-corrected chi connectivity index (χ2v) is 6.95. The Morgan fingerprint density at radius 1 is 1.04 bits per heavy atom. The summed E-state index contributed by atoms with van der Waals surface area (Å²) in [4.78, 5) is 25.6. The Kier molecular flexibility index (Phi) is 6.12. The van der Waals surface area contributed by atoms with Gasteiger partial charge in [0.15, 0.2) is 0 Å². The number of amides is 2. The molecule has 1 N–H and O–H groups in total. The molecule has 5 heteroatoms. The standard InChI is InChI=1S/C22H26N2O3/c1-3-21(25)23-18-11-12-19(15-18)24(2)22(26)27-20-13-9-17(10-14-20)16-7-5-4-6-8-16/h4-10,13-14,18-19H,3,11-12,15H2,1-2H3,(H,23,25)/t18-,19+/m0/s1. The predicted molar refractivity (Wildman–Crippen MR) is 106 cm³/mol. The maximum Gasteiger partial charge on any atom is 0.415 e. The predicted octanol–water partition coefficient (Wildman–Crippen LogP) is 4.23. The lowest BCUT2D eigenvalue weighted by Crippen LogP contribution is -2.39. The SMILES string of the molecule is CCC(=O)N[C@H]1CC[C@@H](N(C)C(=O)Oc2ccc(-c3ccccc3)cc2)C1. The van der Waals surface area contributed by atoms with E-state index < -0.39 is 0 Å². The van der Waals surface area contributed by atoms with Crippen LogP contribution in [0.1, 0.15) is 32.6 Å². The number of nitrogens with zero attached hydrogens (tertiary/aromatic N) is 1. The number of benzene rings is 2. The van der Waals surface area contributed by atoms with Gasteiger partial charge in [-0.1, -0.05) is 49.4 Å². The Balaban J connectivity index is 1.55. The summed E-state index contributed by atoms with van der Waals surface area (Å²) in [6.45, 7) is 1.84. The van der Waals surface area contributed by atoms with Gasteiger partial charge >= 0.3 is 6.09 Å². The van der Waals surface area contributed by atoms with Crippen molar-refractivity contribution in [2.75, 3.05) is 7.05 Å². The summed E-state index contributed by atoms with van der Waals surface area (Å²) < 4.78 is 5.52. The van der Waals surface area contributed by atoms with Crippen molar-refractivity contribution in [1.29, 1.82) is 0 Å². The zero-order valence-corrected chi connectivity index (χ0v) is 15.9. The van der Waals surface area contributed by atoms with Crippen molar-refractivity contribution in [2.24, 2.45) is 0 Å². The maximum atomic E-state index is 12.5. The van der Waals surface area contributed by atoms with Crippen molar-refractivity contribution in [3.05, 3.63) is 54.6 Å². The summed E-state index contributed by atoms with van der Waals surface area (Å²) in [5.74, 6) is 0.588. The number of hydrogen-bond acceptors (Lipinski definition) is 3. The molecule has 0 radical (unpaired) electrons. The Bertz CT molecular complexity index is 774. The molecule has 2 aromatic carbocycles. The lowest BCUT2D eigenvalue weighted by atomic mass is 10.1. The van der Waals surface area contributed by atoms with Crippen LogP contribution < -0.4 is 10.1 Å². The highest BCUT2D eigenvalue weighted by atomic mass is 16.6. The molecule has 1 aliphatic rings. The van der Waals surface area contributed by atoms with E-state index in [0.29, 0.717) is 12.2 Å². The molecule has 0 spiro atoms. The summed E-state index contributed by atoms with van der Waals surface area (Å²) in [5, 5.41) is 3.01. The van der Waals surface area contributed by atoms with Gasteiger partial charge in [0.2, 0.25) is 5.91 Å². The molecule has 1 aliphatic carbocycles. The number of rotatable bonds is 5. The van der Waals surface area contributed by atoms with E-state index in [-0.39, 0.29) is 24.1 Å². The third-order valence-corrected chi connectivity index (χ3v) is 5.09. The van der Waals surface area contributed by atoms with Crippen LogP contribution in [-0.2, 0) is 4.79 Å². The van der Waals surface area contributed by atoms with Gasteiger partial charge in [-0.3, -0.25) is 4.79 Å². The second kappa shape index (κ2) is 8.71. The minimum absolute atomic E-state index is 0.0596. The fourth-order valence-electron chi connectivity index (χ4n) is 3.44. The molecule has 2 amide bonds. The molecule has 0 saturated heterocycles. The zero-order chi connectivity index (χ0) is 19.2. The molecule has 27 heavy (non-hydrogen) atoms. The van der Waals surface area contributed by atoms with Crippen LogP contribution in [0.15, 0.2) is 54.6 Å². The lowest BCUT2D eigenvalue weighted by Gasteiger charge is -2.24. The van der Waals surface area contributed by atoms with Gasteiger partial charge in [0.1, 0.15) is 5.75 Å². The van der Waals surface area contributed by atoms with Gasteiger partial charge in [0.25, 0.3) is 0 Å². The van der Waals surface area contributed by atoms with Crippen LogP contribution >= 0.6 is 0 Å². The summed E-state index contributed by atoms with van der Waals surface area (Å²) in [6, 6.07) is 17.8. The Labute approximate surface area is 160 Å². The fourth-order valence-corrected chi connectivity index (χ4v) is 3.44. The number of carbonyl (C=O) groups excluding carboxylic acids is 2. The van der Waals surface area contributed by atoms with Crippen LogP contribution in [0.2, 0.25) is 0 Å². The molecule has 5 nitrogen and oxygen atoms in total. The van der Waals surface area contributed by atoms with E-state index in [1.807, 2.05) is 61.5 Å². The molecule has 2 aromatic rings. The number of nitrogens with one attached hydrogen (secondary N) is 1. The largest absolute Gasteiger partial charge is 0.415 e. The van der Waals surface area contributed by atoms with E-state index in [4.69, 9.17) is 4.74 Å². The highest BCUT2D eigenvalue weighted by Gasteiger charge is 2.31. The van der Waals surface area contributed by atoms with E-state index in [1.54, 1.807) is 11.9 Å². The van der Waals surface area contributed by atoms with Crippen LogP contribution in [0.3, 0.4) is 0 Å². The Morgan fingerprint density at radius 3 is 2.37 bits per heavy atom. The average molecular weight is 366 g/mol. The molecule has 0 bridgehead atoms. The van der Waals surface area contributed by atoms with Crippen LogP contribution in [-0.4, -0.2) is 36.0 Å². The minimum atomic E-state index is -0.366. The van der Waals surface area contributed by atoms with Crippen molar-refractivity contribution in [1.82, 2.24) is 10.2 Å². The fraction of sp³-hybridized carbons (Fsp3) is 0.364. The molecule has 0 aromatic heterocycles. The van der Waals surface area contributed by atoms with Crippen LogP contribution in [0.25, 0.3) is 11.1 Å². The first-order valence-corrected chi connectivity index (χ1v) is 9.46. The van der Waals surface area contributed by atoms with E-state index in [2.05, 4.69) is 5.32 Å². The van der Waals surface area contributed by atoms with Crippen molar-refractivity contribution < 1.29 is 14.3 Å². The molecule has 2 atom stereocenters. The van der Waals surface area contributed by atoms with Gasteiger partial charge < -0.3 is 15.0 Å². The van der Waals surface area contributed by atoms with Gasteiger partial charge in [-0.15, -0.1) is 0 Å². The quantitative estimate of drug-likeness (QED) is 0.861. The van der Waals surface area contributed by atoms with Crippen molar-refractivity contribution in [3.8, 4) is 16.9 Å². The molecule has 1 saturated carbocycles. The third kappa shape index (κ3) is 4.88. The van der Waals surface area contributed by atoms with Crippen molar-refractivity contribution in [2.45, 2.75) is 44.7 Å². The molecule has 0 unspecified atom stereocenters. The van der Waals surface area contributed by atoms with Crippen molar-refractivity contribution in [3.63, 3.8) is 0 Å². The second-order valence-electron chi connectivity index (χ2n) is 6.95. The first-order valence-electron chi connectivity index (χ1n) is 9.46. The topological polar surface area (TPSA) is 58.6 Å². The third-order valence-electron chi connectivity index (χ3n) is 5.09. The molecule has 3 rings (SSSR count). The van der Waals surface area contributed by atoms with Crippen LogP contribution in [0, 0.1) is 0 Å². The van der Waals surface area contributed by atoms with Gasteiger partial charge in [-0.25, -0.2) is 4.79 Å². The summed E-state index contributed by atoms with van der Waals surface area (Å²) in [6.07, 6.45) is 2.64. The molecular weight excluding hydrogens is 340 g/mol. The van der Waals surface area contributed by atoms with E-state index >= 15 is 0 Å². The summed E-state index contributed by atoms with van der Waals surface area (Å²) >= 11 is 0. The minimum Gasteiger partial charge on any atom is -0.410 e. The highest BCUT2D eigenvalue weighted by Crippen LogP contribution is 2.26. The molecule has 0 aliphatic heterocycles. The van der Waals surface area contributed by atoms with Gasteiger partial charge in [-0.2, -0.15) is 0 Å². The van der Waals surface area contributed by atoms with E-state index in [1.165, 1.54) is 0 Å². The zero-order valence-electron chi connectivity index (χ0n) is 15.9. The van der Waals surface area contributed by atoms with Gasteiger partial charge in [0, 0.05) is 25.6 Å². The van der Waals surface area contributed by atoms with Crippen LogP contribution in [0.4, 0.5) is 4.79 Å². The Hall–Kier alpha value is -2.82. The van der Waals surface area contributed by atoms with E-state index in [9.17, 15) is 9.59 Å². The number of hydrogen-bond donors (Lipinski definition) is 1. The first-order chi connectivity index (χ1) is 13.1. The Morgan fingerprint density at radius 2 is 1.70 bits per heavy atom. The van der Waals surface area contributed by atoms with Gasteiger partial charge in [0.05, 0.1) is 0 Å². The molecule has 0 heterocycles. The van der Waals surface area contributed by atoms with Crippen molar-refractivity contribution >= 4 is 12.0 Å². The number of ether oxygens (including phenoxy) is 1. The lowest BCUT2D eigenvalue weighted by molar-refractivity contribution is -0.121. The summed E-state index contributed by atoms with van der Waals surface area (Å²) in [5.41, 5.74) is 2.20. The normalized spacial score (nSPS) is 18.7. The monoisotopic (exact) mass is 366 g/mol. The number of carbonyl (C=O) groups is 2. The average Bonchev–Trinajstić information content (AvgIpc) is 3.16. The van der Waals surface area contributed by atoms with E-state index in [0.717, 1.165) is 30.4 Å². The smallest absolute Gasteiger partial charge is 0.410 e. The maximum absolute atomic E-state index is 12.5. The summed E-state index contributed by atoms with van der Waals surface area (Å²) in [7, 11) is 1.76. The van der Waals surface area contributed by atoms with Crippen LogP contribution in [0.5, 0.6) is 5.75 Å².